The van der Waals surface area contributed by atoms with Crippen LogP contribution in [0.25, 0.3) is 0 Å². The van der Waals surface area contributed by atoms with E-state index in [1.54, 1.807) is 0 Å². The molecular weight excluding hydrogens is 449 g/mol. The molecule has 0 aliphatic heterocycles. The second kappa shape index (κ2) is 8.36. The van der Waals surface area contributed by atoms with Crippen molar-refractivity contribution >= 4 is 30.8 Å². The first-order chi connectivity index (χ1) is 13.0. The molecule has 0 saturated carbocycles. The molecule has 1 aromatic rings. The van der Waals surface area contributed by atoms with E-state index in [2.05, 4.69) is 12.2 Å². The molecule has 15 heteroatoms. The number of rotatable bonds is 6. The number of benzene rings is 1. The molecule has 0 heterocycles. The van der Waals surface area contributed by atoms with Gasteiger partial charge >= 0.3 is 18.0 Å². The Bertz CT molecular complexity index is 753. The van der Waals surface area contributed by atoms with Gasteiger partial charge in [-0.2, -0.15) is 26.3 Å². The third-order valence-electron chi connectivity index (χ3n) is 4.50. The van der Waals surface area contributed by atoms with E-state index in [0.717, 1.165) is 19.2 Å². The highest BCUT2D eigenvalue weighted by atomic mass is 32.1. The number of hydrogen-bond acceptors (Lipinski definition) is 5. The van der Waals surface area contributed by atoms with Gasteiger partial charge in [0.05, 0.1) is 18.8 Å². The van der Waals surface area contributed by atoms with Crippen molar-refractivity contribution < 1.29 is 44.9 Å². The molecule has 0 aliphatic rings. The summed E-state index contributed by atoms with van der Waals surface area (Å²) in [6.45, 7) is -1.24. The first kappa shape index (κ1) is 25.6. The highest BCUT2D eigenvalue weighted by molar-refractivity contribution is 7.80. The van der Waals surface area contributed by atoms with Crippen LogP contribution in [-0.4, -0.2) is 40.5 Å². The summed E-state index contributed by atoms with van der Waals surface area (Å²) in [5.41, 5.74) is -5.34. The molecule has 1 aromatic carbocycles. The predicted octanol–water partition coefficient (Wildman–Crippen LogP) is 1.75. The van der Waals surface area contributed by atoms with Gasteiger partial charge in [-0.05, 0) is 38.2 Å². The Kier molecular flexibility index (Phi) is 7.38. The molecule has 0 saturated heterocycles. The number of anilines is 1. The van der Waals surface area contributed by atoms with Crippen molar-refractivity contribution in [3.8, 4) is 0 Å². The van der Waals surface area contributed by atoms with Crippen LogP contribution >= 0.6 is 20.0 Å². The van der Waals surface area contributed by atoms with Crippen molar-refractivity contribution in [3.63, 3.8) is 0 Å². The number of nitrogens with zero attached hydrogens (tertiary/aromatic N) is 2. The van der Waals surface area contributed by atoms with Crippen LogP contribution in [0.1, 0.15) is 13.8 Å². The molecule has 1 rings (SSSR count). The molecule has 0 unspecified atom stereocenters. The summed E-state index contributed by atoms with van der Waals surface area (Å²) in [4.78, 5) is 23.6. The number of hydrogen-bond donors (Lipinski definition) is 2. The highest BCUT2D eigenvalue weighted by Gasteiger charge is 2.83. The Labute approximate surface area is 167 Å². The molecule has 0 fully saturated rings. The molecule has 7 nitrogen and oxygen atoms in total. The van der Waals surface area contributed by atoms with Crippen LogP contribution in [0.2, 0.25) is 0 Å². The molecule has 29 heavy (non-hydrogen) atoms. The second-order valence-electron chi connectivity index (χ2n) is 5.87. The minimum absolute atomic E-state index is 0.0817. The van der Waals surface area contributed by atoms with Gasteiger partial charge in [0, 0.05) is 0 Å². The molecule has 0 spiro atoms. The summed E-state index contributed by atoms with van der Waals surface area (Å²) in [6.07, 6.45) is -12.6. The normalized spacial score (nSPS) is 13.9. The Balaban J connectivity index is 3.78. The molecule has 0 bridgehead atoms. The molecule has 166 valence electrons. The van der Waals surface area contributed by atoms with Crippen LogP contribution in [-0.2, 0) is 4.57 Å². The number of halogens is 6. The summed E-state index contributed by atoms with van der Waals surface area (Å²) >= 11 is 4.62. The van der Waals surface area contributed by atoms with Gasteiger partial charge in [-0.1, -0.05) is 18.2 Å². The molecule has 0 amide bonds. The lowest BCUT2D eigenvalue weighted by atomic mass is 10.1. The summed E-state index contributed by atoms with van der Waals surface area (Å²) in [6, 6.07) is 6.76. The lowest BCUT2D eigenvalue weighted by molar-refractivity contribution is -0.929. The zero-order valence-electron chi connectivity index (χ0n) is 15.1. The SMILES string of the molecule is CC[N+](CC)(C(NC(=S)N(N)c1ccccc1)(C(F)(F)F)C(F)(F)F)P(=O)([O-])[O-]. The van der Waals surface area contributed by atoms with Crippen molar-refractivity contribution in [1.29, 1.82) is 0 Å². The Morgan fingerprint density at radius 3 is 1.83 bits per heavy atom. The maximum absolute atomic E-state index is 14.0. The fraction of sp³-hybridized carbons (Fsp3) is 0.500. The van der Waals surface area contributed by atoms with E-state index in [0.29, 0.717) is 5.01 Å². The number of quaternary nitrogens is 1. The Morgan fingerprint density at radius 1 is 1.10 bits per heavy atom. The van der Waals surface area contributed by atoms with E-state index in [1.807, 2.05) is 0 Å². The highest BCUT2D eigenvalue weighted by Crippen LogP contribution is 2.58. The second-order valence-corrected chi connectivity index (χ2v) is 7.95. The number of alkyl halides is 6. The lowest BCUT2D eigenvalue weighted by Crippen LogP contribution is -2.84. The van der Waals surface area contributed by atoms with E-state index >= 15 is 0 Å². The monoisotopic (exact) mass is 467 g/mol. The standard InChI is InChI=1S/C14H19F6N4O3PS/c1-3-24(4-2,28(25,26)27)12(13(15,16)17,14(18,19)20)22-11(29)23(21)10-8-6-5-7-9-10/h5-9H,3-4,21H2,1-2H3,(H2-,22,25,26,27,29)/p-1. The van der Waals surface area contributed by atoms with Crippen molar-refractivity contribution in [1.82, 2.24) is 5.32 Å². The first-order valence-corrected chi connectivity index (χ1v) is 9.88. The number of nitrogens with two attached hydrogens (primary N) is 1. The minimum atomic E-state index is -6.56. The van der Waals surface area contributed by atoms with Crippen LogP contribution in [0.3, 0.4) is 0 Å². The van der Waals surface area contributed by atoms with E-state index in [9.17, 15) is 40.7 Å². The van der Waals surface area contributed by atoms with E-state index in [-0.39, 0.29) is 5.69 Å². The van der Waals surface area contributed by atoms with Gasteiger partial charge in [0.25, 0.3) is 0 Å². The molecule has 0 radical (unpaired) electrons. The van der Waals surface area contributed by atoms with Gasteiger partial charge in [-0.3, -0.25) is 19.1 Å². The van der Waals surface area contributed by atoms with Crippen LogP contribution in [0.4, 0.5) is 32.0 Å². The van der Waals surface area contributed by atoms with Gasteiger partial charge in [0.1, 0.15) is 7.75 Å². The van der Waals surface area contributed by atoms with Crippen molar-refractivity contribution in [2.24, 2.45) is 5.84 Å². The Morgan fingerprint density at radius 2 is 1.52 bits per heavy atom. The predicted molar refractivity (Wildman–Crippen MR) is 92.6 cm³/mol. The summed E-state index contributed by atoms with van der Waals surface area (Å²) < 4.78 is 92.7. The number of nitrogens with one attached hydrogen (secondary N) is 1. The summed E-state index contributed by atoms with van der Waals surface area (Å²) in [7, 11) is -6.56. The minimum Gasteiger partial charge on any atom is -0.765 e. The van der Waals surface area contributed by atoms with Crippen molar-refractivity contribution in [3.05, 3.63) is 30.3 Å². The fourth-order valence-electron chi connectivity index (χ4n) is 3.03. The van der Waals surface area contributed by atoms with Gasteiger partial charge in [-0.25, -0.2) is 5.84 Å². The summed E-state index contributed by atoms with van der Waals surface area (Å²) in [5.74, 6) is 5.53. The van der Waals surface area contributed by atoms with Gasteiger partial charge in [-0.15, -0.1) is 0 Å². The molecule has 0 aromatic heterocycles. The number of hydrazine groups is 1. The summed E-state index contributed by atoms with van der Waals surface area (Å²) in [5, 5.41) is 0.0598. The number of para-hydroxylation sites is 1. The van der Waals surface area contributed by atoms with Crippen molar-refractivity contribution in [2.75, 3.05) is 18.1 Å². The molecule has 3 N–H and O–H groups in total. The zero-order chi connectivity index (χ0) is 22.9. The van der Waals surface area contributed by atoms with E-state index < -0.39 is 48.2 Å². The van der Waals surface area contributed by atoms with Crippen LogP contribution in [0, 0.1) is 0 Å². The smallest absolute Gasteiger partial charge is 0.476 e. The Hall–Kier alpha value is -1.44. The van der Waals surface area contributed by atoms with E-state index in [1.165, 1.54) is 30.3 Å². The third-order valence-corrected chi connectivity index (χ3v) is 6.60. The van der Waals surface area contributed by atoms with Gasteiger partial charge < -0.3 is 9.79 Å². The largest absolute Gasteiger partial charge is 0.765 e. The van der Waals surface area contributed by atoms with Crippen LogP contribution in [0.5, 0.6) is 0 Å². The maximum Gasteiger partial charge on any atom is 0.476 e. The van der Waals surface area contributed by atoms with Gasteiger partial charge in [0.2, 0.25) is 0 Å². The maximum atomic E-state index is 14.0. The first-order valence-electron chi connectivity index (χ1n) is 7.97. The average Bonchev–Trinajstić information content (AvgIpc) is 2.58. The van der Waals surface area contributed by atoms with E-state index in [4.69, 9.17) is 5.84 Å². The van der Waals surface area contributed by atoms with Crippen LogP contribution < -0.4 is 26.0 Å². The zero-order valence-corrected chi connectivity index (χ0v) is 16.8. The average molecular weight is 467 g/mol. The van der Waals surface area contributed by atoms with Gasteiger partial charge in [0.15, 0.2) is 5.11 Å². The van der Waals surface area contributed by atoms with Crippen molar-refractivity contribution in [2.45, 2.75) is 31.9 Å². The van der Waals surface area contributed by atoms with Crippen LogP contribution in [0.15, 0.2) is 30.3 Å². The molecule has 0 atom stereocenters. The topological polar surface area (TPSA) is 104 Å². The fourth-order valence-corrected chi connectivity index (χ4v) is 4.62. The molecular formula is C14H18F6N4O3PS-. The number of thiocarbonyl (C=S) groups is 1. The molecule has 0 aliphatic carbocycles. The lowest BCUT2D eigenvalue weighted by Gasteiger charge is -2.60. The quantitative estimate of drug-likeness (QED) is 0.164. The third kappa shape index (κ3) is 4.23.